The number of carbonyl (C=O) groups excluding carboxylic acids is 2. The van der Waals surface area contributed by atoms with Crippen molar-refractivity contribution in [2.24, 2.45) is 5.92 Å². The highest BCUT2D eigenvalue weighted by atomic mass is 16.6. The highest BCUT2D eigenvalue weighted by Crippen LogP contribution is 2.51. The highest BCUT2D eigenvalue weighted by molar-refractivity contribution is 5.91. The van der Waals surface area contributed by atoms with Gasteiger partial charge in [-0.1, -0.05) is 98.8 Å². The van der Waals surface area contributed by atoms with E-state index in [1.807, 2.05) is 77.1 Å². The number of ether oxygens (including phenoxy) is 1. The number of hydrogen-bond donors (Lipinski definition) is 1. The predicted molar refractivity (Wildman–Crippen MR) is 145 cm³/mol. The van der Waals surface area contributed by atoms with E-state index in [4.69, 9.17) is 4.74 Å². The van der Waals surface area contributed by atoms with Crippen LogP contribution in [0.5, 0.6) is 0 Å². The van der Waals surface area contributed by atoms with E-state index in [-0.39, 0.29) is 17.7 Å². The number of fused-ring (bicyclic) bond motifs is 3. The zero-order valence-corrected chi connectivity index (χ0v) is 21.7. The Balaban J connectivity index is 1.86. The fraction of sp³-hybridized carbons (Fsp3) is 0.312. The van der Waals surface area contributed by atoms with Crippen molar-refractivity contribution >= 4 is 11.8 Å². The van der Waals surface area contributed by atoms with Crippen LogP contribution >= 0.6 is 0 Å². The Morgan fingerprint density at radius 2 is 1.39 bits per heavy atom. The first-order valence-electron chi connectivity index (χ1n) is 12.6. The van der Waals surface area contributed by atoms with Gasteiger partial charge in [0.1, 0.15) is 11.6 Å². The number of esters is 1. The summed E-state index contributed by atoms with van der Waals surface area (Å²) in [5.74, 6) is -0.410. The number of ketones is 1. The second-order valence-corrected chi connectivity index (χ2v) is 10.6. The molecule has 0 fully saturated rings. The molecule has 0 aliphatic heterocycles. The molecular formula is C32H35NO3. The number of carbonyl (C=O) groups is 2. The normalized spacial score (nSPS) is 14.9. The largest absolute Gasteiger partial charge is 0.459 e. The van der Waals surface area contributed by atoms with Crippen molar-refractivity contribution in [3.8, 4) is 11.1 Å². The number of benzene rings is 3. The molecule has 4 heteroatoms. The van der Waals surface area contributed by atoms with Crippen LogP contribution in [0.2, 0.25) is 0 Å². The van der Waals surface area contributed by atoms with Crippen molar-refractivity contribution in [2.45, 2.75) is 58.2 Å². The van der Waals surface area contributed by atoms with Gasteiger partial charge in [0, 0.05) is 5.92 Å². The molecule has 0 radical (unpaired) electrons. The van der Waals surface area contributed by atoms with E-state index < -0.39 is 17.2 Å². The molecule has 3 aromatic rings. The van der Waals surface area contributed by atoms with Crippen molar-refractivity contribution < 1.29 is 14.3 Å². The maximum absolute atomic E-state index is 13.6. The molecule has 4 rings (SSSR count). The SMILES string of the molecule is CC(C)C(=O)/C=C/C[C@H](NC1(c2ccccc2)c2ccccc2-c2ccccc21)C(=O)OC(C)(C)C. The van der Waals surface area contributed by atoms with Gasteiger partial charge in [-0.15, -0.1) is 0 Å². The second kappa shape index (κ2) is 10.2. The summed E-state index contributed by atoms with van der Waals surface area (Å²) in [5, 5.41) is 3.75. The van der Waals surface area contributed by atoms with Gasteiger partial charge >= 0.3 is 5.97 Å². The minimum Gasteiger partial charge on any atom is -0.459 e. The Bertz CT molecular complexity index is 1220. The van der Waals surface area contributed by atoms with Crippen LogP contribution < -0.4 is 5.32 Å². The number of rotatable bonds is 8. The Morgan fingerprint density at radius 1 is 0.861 bits per heavy atom. The molecule has 1 atom stereocenters. The van der Waals surface area contributed by atoms with Gasteiger partial charge < -0.3 is 4.74 Å². The summed E-state index contributed by atoms with van der Waals surface area (Å²) in [4.78, 5) is 25.8. The third kappa shape index (κ3) is 5.05. The molecule has 0 amide bonds. The molecule has 1 N–H and O–H groups in total. The van der Waals surface area contributed by atoms with Gasteiger partial charge in [0.25, 0.3) is 0 Å². The average molecular weight is 482 g/mol. The van der Waals surface area contributed by atoms with Crippen LogP contribution in [-0.2, 0) is 19.9 Å². The van der Waals surface area contributed by atoms with Gasteiger partial charge in [-0.05, 0) is 61.1 Å². The van der Waals surface area contributed by atoms with Crippen molar-refractivity contribution in [2.75, 3.05) is 0 Å². The monoisotopic (exact) mass is 481 g/mol. The van der Waals surface area contributed by atoms with Crippen LogP contribution in [0, 0.1) is 5.92 Å². The molecule has 0 spiro atoms. The maximum atomic E-state index is 13.6. The van der Waals surface area contributed by atoms with Gasteiger partial charge in [0.15, 0.2) is 5.78 Å². The summed E-state index contributed by atoms with van der Waals surface area (Å²) in [6, 6.07) is 26.2. The molecule has 1 aliphatic rings. The number of allylic oxidation sites excluding steroid dienone is 1. The Morgan fingerprint density at radius 3 is 1.92 bits per heavy atom. The lowest BCUT2D eigenvalue weighted by molar-refractivity contribution is -0.157. The number of nitrogens with one attached hydrogen (secondary N) is 1. The first kappa shape index (κ1) is 25.6. The van der Waals surface area contributed by atoms with Crippen LogP contribution in [0.3, 0.4) is 0 Å². The van der Waals surface area contributed by atoms with Crippen LogP contribution in [-0.4, -0.2) is 23.4 Å². The maximum Gasteiger partial charge on any atom is 0.324 e. The van der Waals surface area contributed by atoms with Crippen LogP contribution in [0.1, 0.15) is 57.7 Å². The molecule has 1 aliphatic carbocycles. The molecule has 36 heavy (non-hydrogen) atoms. The van der Waals surface area contributed by atoms with E-state index in [1.165, 1.54) is 0 Å². The lowest BCUT2D eigenvalue weighted by atomic mass is 9.79. The lowest BCUT2D eigenvalue weighted by Gasteiger charge is -2.37. The van der Waals surface area contributed by atoms with Crippen LogP contribution in [0.4, 0.5) is 0 Å². The molecule has 0 unspecified atom stereocenters. The van der Waals surface area contributed by atoms with Gasteiger partial charge in [0.05, 0.1) is 5.54 Å². The van der Waals surface area contributed by atoms with E-state index in [0.29, 0.717) is 6.42 Å². The molecule has 3 aromatic carbocycles. The van der Waals surface area contributed by atoms with Crippen molar-refractivity contribution in [1.29, 1.82) is 0 Å². The van der Waals surface area contributed by atoms with Crippen LogP contribution in [0.15, 0.2) is 91.0 Å². The van der Waals surface area contributed by atoms with Gasteiger partial charge in [0.2, 0.25) is 0 Å². The predicted octanol–water partition coefficient (Wildman–Crippen LogP) is 6.43. The summed E-state index contributed by atoms with van der Waals surface area (Å²) in [6.07, 6.45) is 3.69. The van der Waals surface area contributed by atoms with E-state index in [9.17, 15) is 9.59 Å². The second-order valence-electron chi connectivity index (χ2n) is 10.6. The zero-order chi connectivity index (χ0) is 25.9. The quantitative estimate of drug-likeness (QED) is 0.298. The standard InChI is InChI=1S/C32H35NO3/c1-22(2)29(34)21-13-20-28(30(35)36-31(3,4)5)33-32(23-14-7-6-8-15-23)26-18-11-9-16-24(26)25-17-10-12-19-27(25)32/h6-19,21-22,28,33H,20H2,1-5H3/b21-13+/t28-/m0/s1. The summed E-state index contributed by atoms with van der Waals surface area (Å²) in [5.41, 5.74) is 4.10. The van der Waals surface area contributed by atoms with Crippen molar-refractivity contribution in [1.82, 2.24) is 5.32 Å². The van der Waals surface area contributed by atoms with E-state index in [0.717, 1.165) is 27.8 Å². The first-order chi connectivity index (χ1) is 17.1. The lowest BCUT2D eigenvalue weighted by Crippen LogP contribution is -2.52. The minimum absolute atomic E-state index is 0.0345. The van der Waals surface area contributed by atoms with E-state index in [2.05, 4.69) is 41.7 Å². The fourth-order valence-corrected chi connectivity index (χ4v) is 4.83. The Hall–Kier alpha value is -3.50. The van der Waals surface area contributed by atoms with Crippen molar-refractivity contribution in [3.63, 3.8) is 0 Å². The molecule has 0 saturated heterocycles. The van der Waals surface area contributed by atoms with Crippen LogP contribution in [0.25, 0.3) is 11.1 Å². The summed E-state index contributed by atoms with van der Waals surface area (Å²) in [6.45, 7) is 9.34. The highest BCUT2D eigenvalue weighted by Gasteiger charge is 2.46. The summed E-state index contributed by atoms with van der Waals surface area (Å²) >= 11 is 0. The van der Waals surface area contributed by atoms with Gasteiger partial charge in [-0.25, -0.2) is 0 Å². The topological polar surface area (TPSA) is 55.4 Å². The third-order valence-corrected chi connectivity index (χ3v) is 6.46. The smallest absolute Gasteiger partial charge is 0.324 e. The van der Waals surface area contributed by atoms with Gasteiger partial charge in [-0.2, -0.15) is 0 Å². The molecule has 0 heterocycles. The Kier molecular flexibility index (Phi) is 7.28. The minimum atomic E-state index is -0.758. The van der Waals surface area contributed by atoms with Gasteiger partial charge in [-0.3, -0.25) is 14.9 Å². The Labute approximate surface area is 214 Å². The zero-order valence-electron chi connectivity index (χ0n) is 21.7. The molecule has 4 nitrogen and oxygen atoms in total. The van der Waals surface area contributed by atoms with E-state index in [1.54, 1.807) is 12.2 Å². The summed E-state index contributed by atoms with van der Waals surface area (Å²) < 4.78 is 5.85. The molecule has 0 saturated carbocycles. The molecular weight excluding hydrogens is 446 g/mol. The molecule has 186 valence electrons. The average Bonchev–Trinajstić information content (AvgIpc) is 3.13. The molecule has 0 bridgehead atoms. The molecule has 0 aromatic heterocycles. The van der Waals surface area contributed by atoms with E-state index >= 15 is 0 Å². The first-order valence-corrected chi connectivity index (χ1v) is 12.6. The fourth-order valence-electron chi connectivity index (χ4n) is 4.83. The van der Waals surface area contributed by atoms with Crippen molar-refractivity contribution in [3.05, 3.63) is 108 Å². The number of hydrogen-bond acceptors (Lipinski definition) is 4. The summed E-state index contributed by atoms with van der Waals surface area (Å²) in [7, 11) is 0. The third-order valence-electron chi connectivity index (χ3n) is 6.46.